The van der Waals surface area contributed by atoms with Crippen molar-refractivity contribution in [1.82, 2.24) is 15.1 Å². The fourth-order valence-electron chi connectivity index (χ4n) is 3.55. The summed E-state index contributed by atoms with van der Waals surface area (Å²) in [5, 5.41) is 15.2. The maximum Gasteiger partial charge on any atom is 0.322 e. The van der Waals surface area contributed by atoms with E-state index in [2.05, 4.69) is 20.8 Å². The second kappa shape index (κ2) is 10.1. The zero-order valence-electron chi connectivity index (χ0n) is 18.0. The third kappa shape index (κ3) is 5.35. The van der Waals surface area contributed by atoms with E-state index in [1.807, 2.05) is 0 Å². The van der Waals surface area contributed by atoms with Crippen LogP contribution in [0.4, 0.5) is 16.2 Å². The van der Waals surface area contributed by atoms with E-state index in [1.165, 1.54) is 11.3 Å². The molecule has 172 valence electrons. The van der Waals surface area contributed by atoms with Crippen LogP contribution < -0.4 is 20.1 Å². The van der Waals surface area contributed by atoms with Gasteiger partial charge in [0.15, 0.2) is 0 Å². The second-order valence-electron chi connectivity index (χ2n) is 7.29. The number of methoxy groups -OCH3 is 2. The number of benzene rings is 2. The molecule has 1 aliphatic rings. The average molecular weight is 488 g/mol. The summed E-state index contributed by atoms with van der Waals surface area (Å²) in [5.41, 5.74) is 1.13. The SMILES string of the molecule is COc1cc(NC(=O)N2CCC[C@H]2c2nnc(C(=O)Nc3cccc(Cl)c3)s2)cc(OC)c1. The molecule has 33 heavy (non-hydrogen) atoms. The average Bonchev–Trinajstić information content (AvgIpc) is 3.48. The van der Waals surface area contributed by atoms with E-state index in [0.717, 1.165) is 12.8 Å². The molecule has 2 aromatic carbocycles. The zero-order chi connectivity index (χ0) is 23.4. The van der Waals surface area contributed by atoms with Crippen molar-refractivity contribution in [1.29, 1.82) is 0 Å². The number of ether oxygens (including phenoxy) is 2. The van der Waals surface area contributed by atoms with Crippen molar-refractivity contribution >= 4 is 46.3 Å². The van der Waals surface area contributed by atoms with E-state index in [4.69, 9.17) is 21.1 Å². The molecule has 1 aliphatic heterocycles. The van der Waals surface area contributed by atoms with Crippen molar-refractivity contribution in [3.05, 3.63) is 57.5 Å². The Balaban J connectivity index is 1.46. The number of nitrogens with one attached hydrogen (secondary N) is 2. The lowest BCUT2D eigenvalue weighted by Crippen LogP contribution is -2.34. The normalized spacial score (nSPS) is 15.2. The summed E-state index contributed by atoms with van der Waals surface area (Å²) in [7, 11) is 3.10. The first-order chi connectivity index (χ1) is 16.0. The van der Waals surface area contributed by atoms with Crippen LogP contribution in [-0.2, 0) is 0 Å². The molecule has 3 amide bonds. The molecule has 2 N–H and O–H groups in total. The van der Waals surface area contributed by atoms with E-state index in [0.29, 0.717) is 39.4 Å². The highest BCUT2D eigenvalue weighted by Gasteiger charge is 2.33. The van der Waals surface area contributed by atoms with Crippen LogP contribution in [0.3, 0.4) is 0 Å². The summed E-state index contributed by atoms with van der Waals surface area (Å²) in [6.07, 6.45) is 1.56. The Bertz CT molecular complexity index is 1150. The fourth-order valence-corrected chi connectivity index (χ4v) is 4.63. The summed E-state index contributed by atoms with van der Waals surface area (Å²) in [4.78, 5) is 27.3. The van der Waals surface area contributed by atoms with Crippen LogP contribution in [0.25, 0.3) is 0 Å². The van der Waals surface area contributed by atoms with Crippen LogP contribution in [-0.4, -0.2) is 47.8 Å². The van der Waals surface area contributed by atoms with Gasteiger partial charge in [-0.05, 0) is 31.0 Å². The number of rotatable bonds is 6. The van der Waals surface area contributed by atoms with Crippen molar-refractivity contribution < 1.29 is 19.1 Å². The Labute approximate surface area is 199 Å². The number of hydrogen-bond donors (Lipinski definition) is 2. The monoisotopic (exact) mass is 487 g/mol. The molecule has 11 heteroatoms. The van der Waals surface area contributed by atoms with Gasteiger partial charge in [-0.1, -0.05) is 29.0 Å². The Morgan fingerprint density at radius 3 is 2.52 bits per heavy atom. The van der Waals surface area contributed by atoms with Gasteiger partial charge in [-0.15, -0.1) is 10.2 Å². The zero-order valence-corrected chi connectivity index (χ0v) is 19.6. The molecule has 1 atom stereocenters. The smallest absolute Gasteiger partial charge is 0.322 e. The van der Waals surface area contributed by atoms with Gasteiger partial charge in [-0.3, -0.25) is 4.79 Å². The summed E-state index contributed by atoms with van der Waals surface area (Å²) in [6, 6.07) is 11.5. The number of urea groups is 1. The van der Waals surface area contributed by atoms with Crippen LogP contribution in [0, 0.1) is 0 Å². The van der Waals surface area contributed by atoms with Crippen LogP contribution in [0.1, 0.15) is 33.7 Å². The van der Waals surface area contributed by atoms with Crippen LogP contribution in [0.2, 0.25) is 5.02 Å². The Kier molecular flexibility index (Phi) is 6.95. The van der Waals surface area contributed by atoms with Gasteiger partial charge in [-0.2, -0.15) is 0 Å². The molecule has 1 aromatic heterocycles. The molecular weight excluding hydrogens is 466 g/mol. The topological polar surface area (TPSA) is 106 Å². The fraction of sp³-hybridized carbons (Fsp3) is 0.273. The molecule has 0 bridgehead atoms. The van der Waals surface area contributed by atoms with Gasteiger partial charge in [0.05, 0.1) is 20.3 Å². The molecule has 1 saturated heterocycles. The number of carbonyl (C=O) groups excluding carboxylic acids is 2. The number of hydrogen-bond acceptors (Lipinski definition) is 7. The highest BCUT2D eigenvalue weighted by molar-refractivity contribution is 7.13. The number of aromatic nitrogens is 2. The highest BCUT2D eigenvalue weighted by atomic mass is 35.5. The maximum atomic E-state index is 13.0. The summed E-state index contributed by atoms with van der Waals surface area (Å²) in [5.74, 6) is 0.766. The third-order valence-electron chi connectivity index (χ3n) is 5.12. The molecule has 0 radical (unpaired) electrons. The lowest BCUT2D eigenvalue weighted by molar-refractivity contribution is 0.102. The Hall–Kier alpha value is -3.37. The molecule has 4 rings (SSSR count). The van der Waals surface area contributed by atoms with Crippen LogP contribution in [0.15, 0.2) is 42.5 Å². The summed E-state index contributed by atoms with van der Waals surface area (Å²) < 4.78 is 10.5. The van der Waals surface area contributed by atoms with Crippen molar-refractivity contribution in [2.75, 3.05) is 31.4 Å². The van der Waals surface area contributed by atoms with Gasteiger partial charge in [0, 0.05) is 41.1 Å². The number of carbonyl (C=O) groups is 2. The van der Waals surface area contributed by atoms with Gasteiger partial charge in [0.2, 0.25) is 5.01 Å². The van der Waals surface area contributed by atoms with E-state index in [9.17, 15) is 9.59 Å². The van der Waals surface area contributed by atoms with Crippen molar-refractivity contribution in [3.8, 4) is 11.5 Å². The second-order valence-corrected chi connectivity index (χ2v) is 8.74. The Morgan fingerprint density at radius 1 is 1.06 bits per heavy atom. The summed E-state index contributed by atoms with van der Waals surface area (Å²) >= 11 is 7.14. The van der Waals surface area contributed by atoms with Gasteiger partial charge in [0.25, 0.3) is 5.91 Å². The quantitative estimate of drug-likeness (QED) is 0.516. The molecule has 1 fully saturated rings. The number of nitrogens with zero attached hydrogens (tertiary/aromatic N) is 3. The van der Waals surface area contributed by atoms with Gasteiger partial charge < -0.3 is 25.0 Å². The van der Waals surface area contributed by atoms with Gasteiger partial charge in [-0.25, -0.2) is 4.79 Å². The van der Waals surface area contributed by atoms with Crippen LogP contribution >= 0.6 is 22.9 Å². The number of anilines is 2. The first-order valence-corrected chi connectivity index (χ1v) is 11.4. The number of likely N-dealkylation sites (tertiary alicyclic amines) is 1. The molecule has 0 unspecified atom stereocenters. The van der Waals surface area contributed by atoms with Crippen molar-refractivity contribution in [2.45, 2.75) is 18.9 Å². The van der Waals surface area contributed by atoms with Gasteiger partial charge >= 0.3 is 6.03 Å². The molecule has 0 aliphatic carbocycles. The Morgan fingerprint density at radius 2 is 1.82 bits per heavy atom. The van der Waals surface area contributed by atoms with E-state index in [-0.39, 0.29) is 23.0 Å². The minimum atomic E-state index is -0.376. The number of halogens is 1. The third-order valence-corrected chi connectivity index (χ3v) is 6.38. The molecule has 0 saturated carbocycles. The minimum absolute atomic E-state index is 0.217. The molecule has 2 heterocycles. The van der Waals surface area contributed by atoms with Gasteiger partial charge in [0.1, 0.15) is 16.5 Å². The van der Waals surface area contributed by atoms with E-state index < -0.39 is 0 Å². The standard InChI is InChI=1S/C22H22ClN5O4S/c1-31-16-10-15(11-17(12-16)32-2)25-22(30)28-8-4-7-18(28)20-26-27-21(33-20)19(29)24-14-6-3-5-13(23)9-14/h3,5-6,9-12,18H,4,7-8H2,1-2H3,(H,24,29)(H,25,30)/t18-/m0/s1. The first kappa shape index (κ1) is 22.8. The largest absolute Gasteiger partial charge is 0.497 e. The van der Waals surface area contributed by atoms with E-state index in [1.54, 1.807) is 61.6 Å². The van der Waals surface area contributed by atoms with Crippen molar-refractivity contribution in [3.63, 3.8) is 0 Å². The lowest BCUT2D eigenvalue weighted by atomic mass is 10.2. The molecule has 3 aromatic rings. The summed E-state index contributed by atoms with van der Waals surface area (Å²) in [6.45, 7) is 0.571. The predicted octanol–water partition coefficient (Wildman–Crippen LogP) is 4.83. The minimum Gasteiger partial charge on any atom is -0.497 e. The first-order valence-electron chi connectivity index (χ1n) is 10.2. The number of amides is 3. The van der Waals surface area contributed by atoms with Crippen LogP contribution in [0.5, 0.6) is 11.5 Å². The van der Waals surface area contributed by atoms with Crippen molar-refractivity contribution in [2.24, 2.45) is 0 Å². The predicted molar refractivity (Wildman–Crippen MR) is 127 cm³/mol. The molecule has 0 spiro atoms. The molecule has 9 nitrogen and oxygen atoms in total. The maximum absolute atomic E-state index is 13.0. The highest BCUT2D eigenvalue weighted by Crippen LogP contribution is 2.35. The molecular formula is C22H22ClN5O4S. The lowest BCUT2D eigenvalue weighted by Gasteiger charge is -2.23. The van der Waals surface area contributed by atoms with E-state index >= 15 is 0 Å².